The molecule has 2 heterocycles. The van der Waals surface area contributed by atoms with E-state index in [0.29, 0.717) is 28.6 Å². The summed E-state index contributed by atoms with van der Waals surface area (Å²) in [6.45, 7) is 0. The van der Waals surface area contributed by atoms with Gasteiger partial charge in [-0.25, -0.2) is 14.4 Å². The summed E-state index contributed by atoms with van der Waals surface area (Å²) in [6.07, 6.45) is 0. The Morgan fingerprint density at radius 2 is 2.05 bits per heavy atom. The van der Waals surface area contributed by atoms with Crippen molar-refractivity contribution < 1.29 is 9.13 Å². The van der Waals surface area contributed by atoms with Gasteiger partial charge in [0.05, 0.1) is 18.2 Å². The molecule has 6 heteroatoms. The first-order chi connectivity index (χ1) is 9.71. The fourth-order valence-corrected chi connectivity index (χ4v) is 1.97. The first kappa shape index (κ1) is 12.4. The first-order valence-corrected chi connectivity index (χ1v) is 6.09. The number of ether oxygens (including phenoxy) is 1. The largest absolute Gasteiger partial charge is 0.497 e. The number of hydrogen-bond donors (Lipinski definition) is 2. The van der Waals surface area contributed by atoms with Crippen molar-refractivity contribution in [1.29, 1.82) is 0 Å². The smallest absolute Gasteiger partial charge is 0.180 e. The number of fused-ring (bicyclic) bond motifs is 1. The molecule has 0 radical (unpaired) electrons. The lowest BCUT2D eigenvalue weighted by Crippen LogP contribution is -1.91. The molecule has 5 nitrogen and oxygen atoms in total. The molecule has 3 rings (SSSR count). The van der Waals surface area contributed by atoms with Crippen molar-refractivity contribution in [2.45, 2.75) is 0 Å². The second kappa shape index (κ2) is 4.80. The van der Waals surface area contributed by atoms with Gasteiger partial charge in [0.25, 0.3) is 0 Å². The minimum atomic E-state index is -0.391. The van der Waals surface area contributed by atoms with Gasteiger partial charge in [-0.2, -0.15) is 0 Å². The third kappa shape index (κ3) is 2.05. The first-order valence-electron chi connectivity index (χ1n) is 6.09. The molecule has 20 heavy (non-hydrogen) atoms. The van der Waals surface area contributed by atoms with Crippen LogP contribution in [-0.4, -0.2) is 29.1 Å². The molecule has 0 fully saturated rings. The molecule has 2 N–H and O–H groups in total. The zero-order valence-electron chi connectivity index (χ0n) is 11.1. The molecule has 102 valence electrons. The number of rotatable bonds is 3. The minimum absolute atomic E-state index is 0.384. The standard InChI is InChI=1S/C14H13FN4O/c1-16-12-6-5-11-14(18-12)19-13(17-11)9-4-3-8(20-2)7-10(9)15/h3-7H,1-2H3,(H2,16,17,18,19). The molecule has 1 aromatic carbocycles. The second-order valence-electron chi connectivity index (χ2n) is 4.25. The summed E-state index contributed by atoms with van der Waals surface area (Å²) in [5.74, 6) is 1.24. The average Bonchev–Trinajstić information content (AvgIpc) is 2.89. The Balaban J connectivity index is 2.10. The van der Waals surface area contributed by atoms with E-state index in [4.69, 9.17) is 4.74 Å². The van der Waals surface area contributed by atoms with Crippen LogP contribution in [-0.2, 0) is 0 Å². The zero-order chi connectivity index (χ0) is 14.1. The number of imidazole rings is 1. The van der Waals surface area contributed by atoms with Crippen LogP contribution in [0.15, 0.2) is 30.3 Å². The Morgan fingerprint density at radius 3 is 2.75 bits per heavy atom. The average molecular weight is 272 g/mol. The highest BCUT2D eigenvalue weighted by atomic mass is 19.1. The van der Waals surface area contributed by atoms with E-state index in [1.807, 2.05) is 12.1 Å². The number of anilines is 1. The van der Waals surface area contributed by atoms with Crippen molar-refractivity contribution in [1.82, 2.24) is 15.0 Å². The van der Waals surface area contributed by atoms with Gasteiger partial charge in [0, 0.05) is 13.1 Å². The molecule has 0 aliphatic carbocycles. The van der Waals surface area contributed by atoms with E-state index in [1.165, 1.54) is 13.2 Å². The number of nitrogens with one attached hydrogen (secondary N) is 2. The van der Waals surface area contributed by atoms with Gasteiger partial charge in [0.1, 0.15) is 23.2 Å². The maximum atomic E-state index is 14.0. The van der Waals surface area contributed by atoms with E-state index >= 15 is 0 Å². The van der Waals surface area contributed by atoms with Crippen molar-refractivity contribution in [3.8, 4) is 17.1 Å². The molecular weight excluding hydrogens is 259 g/mol. The molecular formula is C14H13FN4O. The topological polar surface area (TPSA) is 62.8 Å². The molecule has 2 aromatic heterocycles. The number of hydrogen-bond acceptors (Lipinski definition) is 4. The predicted octanol–water partition coefficient (Wildman–Crippen LogP) is 2.81. The fraction of sp³-hybridized carbons (Fsp3) is 0.143. The van der Waals surface area contributed by atoms with Crippen LogP contribution in [0.4, 0.5) is 10.2 Å². The van der Waals surface area contributed by atoms with Crippen molar-refractivity contribution in [3.05, 3.63) is 36.1 Å². The number of aromatic amines is 1. The third-order valence-electron chi connectivity index (χ3n) is 3.03. The monoisotopic (exact) mass is 272 g/mol. The highest BCUT2D eigenvalue weighted by Gasteiger charge is 2.12. The summed E-state index contributed by atoms with van der Waals surface area (Å²) >= 11 is 0. The molecule has 0 saturated carbocycles. The summed E-state index contributed by atoms with van der Waals surface area (Å²) in [5.41, 5.74) is 1.69. The van der Waals surface area contributed by atoms with Crippen LogP contribution in [0.5, 0.6) is 5.75 Å². The minimum Gasteiger partial charge on any atom is -0.497 e. The van der Waals surface area contributed by atoms with E-state index in [1.54, 1.807) is 19.2 Å². The normalized spacial score (nSPS) is 10.8. The van der Waals surface area contributed by atoms with Gasteiger partial charge in [-0.05, 0) is 24.3 Å². The van der Waals surface area contributed by atoms with E-state index in [2.05, 4.69) is 20.3 Å². The van der Waals surface area contributed by atoms with Crippen LogP contribution in [0, 0.1) is 5.82 Å². The Hall–Kier alpha value is -2.63. The summed E-state index contributed by atoms with van der Waals surface area (Å²) < 4.78 is 19.0. The van der Waals surface area contributed by atoms with Gasteiger partial charge in [-0.1, -0.05) is 0 Å². The van der Waals surface area contributed by atoms with Crippen LogP contribution in [0.1, 0.15) is 0 Å². The molecule has 0 aliphatic heterocycles. The molecule has 0 amide bonds. The molecule has 0 spiro atoms. The summed E-state index contributed by atoms with van der Waals surface area (Å²) in [5, 5.41) is 2.94. The van der Waals surface area contributed by atoms with Gasteiger partial charge in [0.15, 0.2) is 5.65 Å². The van der Waals surface area contributed by atoms with E-state index in [9.17, 15) is 4.39 Å². The van der Waals surface area contributed by atoms with E-state index in [0.717, 1.165) is 5.52 Å². The quantitative estimate of drug-likeness (QED) is 0.769. The molecule has 0 atom stereocenters. The van der Waals surface area contributed by atoms with Crippen molar-refractivity contribution in [3.63, 3.8) is 0 Å². The van der Waals surface area contributed by atoms with Crippen molar-refractivity contribution in [2.75, 3.05) is 19.5 Å². The van der Waals surface area contributed by atoms with Crippen molar-refractivity contribution in [2.24, 2.45) is 0 Å². The van der Waals surface area contributed by atoms with Gasteiger partial charge in [-0.15, -0.1) is 0 Å². The summed E-state index contributed by atoms with van der Waals surface area (Å²) in [6, 6.07) is 8.33. The van der Waals surface area contributed by atoms with Crippen LogP contribution in [0.3, 0.4) is 0 Å². The van der Waals surface area contributed by atoms with Crippen LogP contribution < -0.4 is 10.1 Å². The lowest BCUT2D eigenvalue weighted by molar-refractivity contribution is 0.411. The molecule has 0 unspecified atom stereocenters. The number of halogens is 1. The van der Waals surface area contributed by atoms with E-state index < -0.39 is 5.82 Å². The molecule has 0 saturated heterocycles. The van der Waals surface area contributed by atoms with Gasteiger partial charge < -0.3 is 15.0 Å². The fourth-order valence-electron chi connectivity index (χ4n) is 1.97. The van der Waals surface area contributed by atoms with Crippen LogP contribution >= 0.6 is 0 Å². The Bertz CT molecular complexity index is 769. The molecule has 0 bridgehead atoms. The lowest BCUT2D eigenvalue weighted by Gasteiger charge is -2.02. The van der Waals surface area contributed by atoms with Gasteiger partial charge >= 0.3 is 0 Å². The summed E-state index contributed by atoms with van der Waals surface area (Å²) in [7, 11) is 3.28. The highest BCUT2D eigenvalue weighted by Crippen LogP contribution is 2.26. The van der Waals surface area contributed by atoms with Crippen LogP contribution in [0.25, 0.3) is 22.6 Å². The Morgan fingerprint density at radius 1 is 1.20 bits per heavy atom. The zero-order valence-corrected chi connectivity index (χ0v) is 11.1. The summed E-state index contributed by atoms with van der Waals surface area (Å²) in [4.78, 5) is 11.7. The number of nitrogens with zero attached hydrogens (tertiary/aromatic N) is 2. The van der Waals surface area contributed by atoms with E-state index in [-0.39, 0.29) is 0 Å². The molecule has 3 aromatic rings. The lowest BCUT2D eigenvalue weighted by atomic mass is 10.2. The number of methoxy groups -OCH3 is 1. The number of pyridine rings is 1. The van der Waals surface area contributed by atoms with Gasteiger partial charge in [-0.3, -0.25) is 0 Å². The highest BCUT2D eigenvalue weighted by molar-refractivity contribution is 5.77. The Kier molecular flexibility index (Phi) is 2.98. The maximum Gasteiger partial charge on any atom is 0.180 e. The van der Waals surface area contributed by atoms with Crippen molar-refractivity contribution >= 4 is 17.0 Å². The SMILES string of the molecule is CNc1ccc2[nH]c(-c3ccc(OC)cc3F)nc2n1. The predicted molar refractivity (Wildman–Crippen MR) is 75.4 cm³/mol. The van der Waals surface area contributed by atoms with Crippen LogP contribution in [0.2, 0.25) is 0 Å². The Labute approximate surface area is 114 Å². The molecule has 0 aliphatic rings. The number of aromatic nitrogens is 3. The third-order valence-corrected chi connectivity index (χ3v) is 3.03. The second-order valence-corrected chi connectivity index (χ2v) is 4.25. The van der Waals surface area contributed by atoms with Gasteiger partial charge in [0.2, 0.25) is 0 Å². The number of benzene rings is 1. The number of H-pyrrole nitrogens is 1. The maximum absolute atomic E-state index is 14.0.